The molecule has 0 radical (unpaired) electrons. The summed E-state index contributed by atoms with van der Waals surface area (Å²) in [6.07, 6.45) is 19.7. The highest BCUT2D eigenvalue weighted by atomic mass is 16.6. The number of ether oxygens (including phenoxy) is 7. The van der Waals surface area contributed by atoms with Crippen LogP contribution < -0.4 is 10.6 Å². The van der Waals surface area contributed by atoms with Crippen molar-refractivity contribution in [3.05, 3.63) is 233 Å². The number of fused-ring (bicyclic) bond motifs is 13. The fourth-order valence-corrected chi connectivity index (χ4v) is 21.9. The molecule has 7 N–H and O–H groups in total. The summed E-state index contributed by atoms with van der Waals surface area (Å²) in [6, 6.07) is 59.3. The van der Waals surface area contributed by atoms with Crippen LogP contribution in [0.15, 0.2) is 188 Å². The van der Waals surface area contributed by atoms with E-state index in [4.69, 9.17) is 33.2 Å². The lowest BCUT2D eigenvalue weighted by Crippen LogP contribution is -2.53. The number of carbonyl (C=O) groups is 6. The standard InChI is InChI=1S/C21H26N2O3.C17H21NO4.C17H23NO3.C15H21NO2.C14H19NO2.C11H16N2O2.C10H15NO/c1-26-21(25)19-15-10-17-20-14(13-4-2-3-5-16(13)22-20)8-9-23(17)11-12(15)6-7-18(19)24;1-18-13-7-11(8-14(18)16-15(13)22-16)21-17(20)12(9-19)10-5-3-2-4-6-10;1-18-13-7-8-14(18)10-15(9-13)21-17(20)16(11-19)12-5-3-2-4-6-12;1-3-18-14(17)15(9-11-16(2)12-10-15)13-7-5-4-6-8-13;1-17-14(16)13(11-7-3-2-4-8-11)12-9-5-6-10-15-12;1-3-10-8(6-15-11(10)14)4-9-5-12-7-13(9)2;1-8(11-2)10(12)9-6-4-3-5-7-9/h2-5,12,15,17-19,22,24H,6-11H2,1H3;2-6,11-16,19H,7-9H2,1H3;2-6,13-16,19H,7-11H2,1H3;4-8H,3,9-12H2,1-2H3;2-4,7-8,12-13,15H,5-6,9-10H2,1H3;5,7-8,10H,3-4,6H2,1-2H3;3-8,10-12H,1-2H3. The third-order valence-electron chi connectivity index (χ3n) is 29.8. The molecule has 10 fully saturated rings. The molecule has 9 saturated heterocycles. The summed E-state index contributed by atoms with van der Waals surface area (Å²) in [5, 5.41) is 47.1. The number of likely N-dealkylation sites (N-methyl/N-ethyl adjacent to an activating group) is 2. The molecule has 1 saturated carbocycles. The van der Waals surface area contributed by atoms with Gasteiger partial charge in [-0.2, -0.15) is 0 Å². The van der Waals surface area contributed by atoms with E-state index in [1.54, 1.807) is 6.33 Å². The molecule has 1 aliphatic carbocycles. The number of aliphatic hydroxyl groups is 4. The number of nitrogens with zero attached hydrogens (tertiary/aromatic N) is 6. The van der Waals surface area contributed by atoms with Gasteiger partial charge in [0.25, 0.3) is 0 Å². The molecule has 708 valence electrons. The lowest BCUT2D eigenvalue weighted by molar-refractivity contribution is -0.160. The maximum atomic E-state index is 12.4. The van der Waals surface area contributed by atoms with E-state index in [2.05, 4.69) is 85.6 Å². The van der Waals surface area contributed by atoms with Gasteiger partial charge in [-0.25, -0.2) is 4.98 Å². The number of methoxy groups -OCH3 is 2. The molecule has 19 unspecified atom stereocenters. The van der Waals surface area contributed by atoms with Gasteiger partial charge in [-0.1, -0.05) is 183 Å². The zero-order valence-corrected chi connectivity index (χ0v) is 78.2. The lowest BCUT2D eigenvalue weighted by Gasteiger charge is -2.50. The zero-order valence-electron chi connectivity index (χ0n) is 78.2. The number of likely N-dealkylation sites (tertiary alicyclic amines) is 1. The van der Waals surface area contributed by atoms with Crippen molar-refractivity contribution in [1.82, 2.24) is 44.8 Å². The number of aromatic nitrogens is 3. The third-order valence-corrected chi connectivity index (χ3v) is 29.8. The summed E-state index contributed by atoms with van der Waals surface area (Å²) >= 11 is 0. The number of para-hydroxylation sites is 1. The lowest BCUT2D eigenvalue weighted by atomic mass is 9.65. The van der Waals surface area contributed by atoms with Gasteiger partial charge < -0.3 is 83.6 Å². The van der Waals surface area contributed by atoms with Crippen LogP contribution in [0, 0.1) is 29.6 Å². The Morgan fingerprint density at radius 2 is 1.21 bits per heavy atom. The number of hydrogen-bond donors (Lipinski definition) is 7. The van der Waals surface area contributed by atoms with Crippen molar-refractivity contribution in [2.75, 3.05) is 102 Å². The highest BCUT2D eigenvalue weighted by Gasteiger charge is 2.63. The summed E-state index contributed by atoms with van der Waals surface area (Å²) < 4.78 is 39.5. The summed E-state index contributed by atoms with van der Waals surface area (Å²) in [6.45, 7) is 11.4. The number of hydrogen-bond acceptors (Lipinski definition) is 24. The minimum absolute atomic E-state index is 0.00367. The van der Waals surface area contributed by atoms with Gasteiger partial charge in [-0.05, 0) is 203 Å². The second-order valence-corrected chi connectivity index (χ2v) is 37.4. The normalized spacial score (nSPS) is 27.7. The van der Waals surface area contributed by atoms with Crippen LogP contribution in [0.1, 0.15) is 192 Å². The fourth-order valence-electron chi connectivity index (χ4n) is 21.9. The van der Waals surface area contributed by atoms with Gasteiger partial charge in [0.15, 0.2) is 0 Å². The molecule has 19 atom stereocenters. The molecule has 8 aromatic rings. The number of morpholine rings is 1. The Hall–Kier alpha value is -9.55. The maximum Gasteiger partial charge on any atom is 0.316 e. The van der Waals surface area contributed by atoms with Crippen LogP contribution in [-0.4, -0.2) is 259 Å². The fraction of sp³-hybridized carbons (Fsp3) is 0.552. The van der Waals surface area contributed by atoms with Gasteiger partial charge in [-0.15, -0.1) is 0 Å². The zero-order chi connectivity index (χ0) is 92.8. The van der Waals surface area contributed by atoms with Crippen LogP contribution in [0.4, 0.5) is 0 Å². The van der Waals surface area contributed by atoms with E-state index >= 15 is 0 Å². The van der Waals surface area contributed by atoms with Crippen LogP contribution >= 0.6 is 0 Å². The molecule has 19 rings (SSSR count). The molecule has 4 bridgehead atoms. The van der Waals surface area contributed by atoms with Gasteiger partial charge >= 0.3 is 35.8 Å². The number of aryl methyl sites for hydroxylation is 1. The van der Waals surface area contributed by atoms with Crippen molar-refractivity contribution in [3.63, 3.8) is 0 Å². The van der Waals surface area contributed by atoms with Gasteiger partial charge in [-0.3, -0.25) is 38.6 Å². The summed E-state index contributed by atoms with van der Waals surface area (Å²) in [5.41, 5.74) is 9.40. The molecule has 6 aromatic carbocycles. The van der Waals surface area contributed by atoms with E-state index in [-0.39, 0.29) is 97.0 Å². The van der Waals surface area contributed by atoms with Crippen LogP contribution in [0.2, 0.25) is 0 Å². The Kier molecular flexibility index (Phi) is 35.8. The van der Waals surface area contributed by atoms with Crippen molar-refractivity contribution in [2.24, 2.45) is 36.6 Å². The molecular weight excluding hydrogens is 1660 g/mol. The van der Waals surface area contributed by atoms with E-state index in [1.807, 2.05) is 197 Å². The Balaban J connectivity index is 0.000000132. The number of H-pyrrole nitrogens is 1. The average Bonchev–Trinajstić information content (AvgIpc) is 1.56. The van der Waals surface area contributed by atoms with E-state index in [0.29, 0.717) is 73.9 Å². The van der Waals surface area contributed by atoms with Crippen LogP contribution in [0.5, 0.6) is 0 Å². The quantitative estimate of drug-likeness (QED) is 0.0200. The minimum Gasteiger partial charge on any atom is -0.469 e. The number of nitrogens with one attached hydrogen (secondary N) is 3. The minimum atomic E-state index is -0.593. The second kappa shape index (κ2) is 47.4. The number of imidazole rings is 1. The highest BCUT2D eigenvalue weighted by Crippen LogP contribution is 2.51. The average molecular weight is 1800 g/mol. The number of esters is 6. The monoisotopic (exact) mass is 1800 g/mol. The summed E-state index contributed by atoms with van der Waals surface area (Å²) in [7, 11) is 13.1. The Morgan fingerprint density at radius 1 is 0.649 bits per heavy atom. The Bertz CT molecular complexity index is 4870. The first-order chi connectivity index (χ1) is 63.5. The highest BCUT2D eigenvalue weighted by molar-refractivity contribution is 5.86. The molecule has 131 heavy (non-hydrogen) atoms. The summed E-state index contributed by atoms with van der Waals surface area (Å²) in [4.78, 5) is 90.3. The molecule has 11 aliphatic rings. The number of rotatable bonds is 21. The van der Waals surface area contributed by atoms with Gasteiger partial charge in [0.05, 0.1) is 88.4 Å². The van der Waals surface area contributed by atoms with Gasteiger partial charge in [0, 0.05) is 104 Å². The van der Waals surface area contributed by atoms with Crippen molar-refractivity contribution in [1.29, 1.82) is 0 Å². The van der Waals surface area contributed by atoms with E-state index < -0.39 is 29.5 Å². The van der Waals surface area contributed by atoms with Crippen LogP contribution in [-0.2, 0) is 87.2 Å². The SMILES string of the molecule is CCC1C(=O)OCC1Cc1cncn1C.CCOC(=O)C1(c2ccccc2)CCN(C)CC1.CN1C2CC(OC(=O)C(CO)c3ccccc3)CC1C1OC12.CN1C2CCC1CC(OC(=O)C(CO)c1ccccc1)C2.CNC(C)C(O)c1ccccc1.COC(=O)C(c1ccccc1)C1CCCCN1.COC(=O)C1C(O)CCC2CN3CCc4c([nH]c5ccccc45)C3CC21. The van der Waals surface area contributed by atoms with Crippen LogP contribution in [0.25, 0.3) is 10.9 Å². The van der Waals surface area contributed by atoms with E-state index in [0.717, 1.165) is 143 Å². The number of aromatic amines is 1. The third kappa shape index (κ3) is 24.2. The first kappa shape index (κ1) is 98.9. The first-order valence-electron chi connectivity index (χ1n) is 47.7. The predicted molar refractivity (Wildman–Crippen MR) is 501 cm³/mol. The molecular formula is C105H141N9O17. The van der Waals surface area contributed by atoms with Crippen LogP contribution in [0.3, 0.4) is 0 Å². The molecule has 26 heteroatoms. The molecule has 10 aliphatic heterocycles. The second-order valence-electron chi connectivity index (χ2n) is 37.4. The van der Waals surface area contributed by atoms with Gasteiger partial charge in [0.1, 0.15) is 36.3 Å². The summed E-state index contributed by atoms with van der Waals surface area (Å²) in [5.74, 6) is -1.76. The van der Waals surface area contributed by atoms with Crippen molar-refractivity contribution in [3.8, 4) is 0 Å². The van der Waals surface area contributed by atoms with Crippen molar-refractivity contribution < 1.29 is 82.4 Å². The van der Waals surface area contributed by atoms with Crippen molar-refractivity contribution >= 4 is 46.7 Å². The molecule has 0 amide bonds. The van der Waals surface area contributed by atoms with E-state index in [9.17, 15) is 49.2 Å². The van der Waals surface area contributed by atoms with E-state index in [1.165, 1.54) is 62.1 Å². The predicted octanol–water partition coefficient (Wildman–Crippen LogP) is 12.3. The number of epoxide rings is 1. The molecule has 2 aromatic heterocycles. The topological polar surface area (TPSA) is 322 Å². The number of aliphatic hydroxyl groups excluding tert-OH is 4. The molecule has 0 spiro atoms. The largest absolute Gasteiger partial charge is 0.469 e. The molecule has 26 nitrogen and oxygen atoms in total. The van der Waals surface area contributed by atoms with Crippen molar-refractivity contribution in [2.45, 2.75) is 232 Å². The van der Waals surface area contributed by atoms with Gasteiger partial charge in [0.2, 0.25) is 0 Å². The number of carbonyl (C=O) groups excluding carboxylic acids is 6. The smallest absolute Gasteiger partial charge is 0.316 e. The number of benzene rings is 6. The number of cyclic esters (lactones) is 1. The maximum absolute atomic E-state index is 12.4. The number of piperidine rings is 5. The first-order valence-corrected chi connectivity index (χ1v) is 47.7. The Labute approximate surface area is 773 Å². The Morgan fingerprint density at radius 3 is 1.75 bits per heavy atom. The molecule has 12 heterocycles.